The van der Waals surface area contributed by atoms with Crippen molar-refractivity contribution < 1.29 is 28.2 Å². The van der Waals surface area contributed by atoms with Crippen molar-refractivity contribution in [3.05, 3.63) is 29.8 Å². The maximum atomic E-state index is 13.0. The molecule has 0 radical (unpaired) electrons. The smallest absolute Gasteiger partial charge is 0.335 e. The fourth-order valence-electron chi connectivity index (χ4n) is 3.83. The van der Waals surface area contributed by atoms with Gasteiger partial charge in [-0.05, 0) is 49.9 Å². The van der Waals surface area contributed by atoms with E-state index < -0.39 is 33.7 Å². The molecule has 1 saturated heterocycles. The molecule has 1 aromatic carbocycles. The predicted octanol–water partition coefficient (Wildman–Crippen LogP) is 1.08. The van der Waals surface area contributed by atoms with Crippen molar-refractivity contribution in [3.63, 3.8) is 0 Å². The summed E-state index contributed by atoms with van der Waals surface area (Å²) in [6.45, 7) is 0.328. The molecule has 132 valence electrons. The number of benzene rings is 1. The van der Waals surface area contributed by atoms with Gasteiger partial charge < -0.3 is 14.9 Å². The summed E-state index contributed by atoms with van der Waals surface area (Å²) >= 11 is 0. The van der Waals surface area contributed by atoms with Crippen molar-refractivity contribution >= 4 is 16.0 Å². The Bertz CT molecular complexity index is 731. The van der Waals surface area contributed by atoms with Gasteiger partial charge in [0.05, 0.1) is 28.2 Å². The lowest BCUT2D eigenvalue weighted by atomic mass is 9.79. The van der Waals surface area contributed by atoms with E-state index in [1.807, 2.05) is 0 Å². The van der Waals surface area contributed by atoms with Crippen molar-refractivity contribution in [2.45, 2.75) is 48.3 Å². The second-order valence-corrected chi connectivity index (χ2v) is 8.30. The summed E-state index contributed by atoms with van der Waals surface area (Å²) in [5, 5.41) is 18.9. The molecule has 1 heterocycles. The molecule has 0 bridgehead atoms. The van der Waals surface area contributed by atoms with Crippen LogP contribution in [0.5, 0.6) is 0 Å². The number of hydrogen-bond donors (Lipinski definition) is 2. The van der Waals surface area contributed by atoms with Crippen LogP contribution < -0.4 is 0 Å². The average molecular weight is 355 g/mol. The third-order valence-corrected chi connectivity index (χ3v) is 7.14. The molecule has 0 unspecified atom stereocenters. The van der Waals surface area contributed by atoms with Gasteiger partial charge in [0.25, 0.3) is 0 Å². The fraction of sp³-hybridized carbons (Fsp3) is 0.562. The van der Waals surface area contributed by atoms with Crippen molar-refractivity contribution in [1.29, 1.82) is 0 Å². The Morgan fingerprint density at radius 2 is 1.96 bits per heavy atom. The molecule has 3 rings (SSSR count). The van der Waals surface area contributed by atoms with Crippen LogP contribution in [0.25, 0.3) is 0 Å². The normalized spacial score (nSPS) is 30.9. The maximum absolute atomic E-state index is 13.0. The number of aliphatic hydroxyl groups excluding tert-OH is 1. The molecule has 3 atom stereocenters. The monoisotopic (exact) mass is 355 g/mol. The number of fused-ring (bicyclic) bond motifs is 1. The molecule has 1 aromatic rings. The Labute approximate surface area is 140 Å². The zero-order chi connectivity index (χ0) is 17.5. The van der Waals surface area contributed by atoms with Gasteiger partial charge in [0, 0.05) is 13.7 Å². The summed E-state index contributed by atoms with van der Waals surface area (Å²) in [4.78, 5) is 11.0. The summed E-state index contributed by atoms with van der Waals surface area (Å²) in [6.07, 6.45) is 1.63. The van der Waals surface area contributed by atoms with E-state index >= 15 is 0 Å². The number of carboxylic acid groups (broad SMARTS) is 1. The highest BCUT2D eigenvalue weighted by molar-refractivity contribution is 7.89. The van der Waals surface area contributed by atoms with Gasteiger partial charge in [0.2, 0.25) is 10.0 Å². The van der Waals surface area contributed by atoms with Gasteiger partial charge in [-0.2, -0.15) is 4.31 Å². The molecular weight excluding hydrogens is 334 g/mol. The molecule has 7 nitrogen and oxygen atoms in total. The first-order valence-electron chi connectivity index (χ1n) is 7.88. The molecule has 24 heavy (non-hydrogen) atoms. The van der Waals surface area contributed by atoms with Crippen LogP contribution in [0.2, 0.25) is 0 Å². The Hall–Kier alpha value is -1.48. The fourth-order valence-corrected chi connectivity index (χ4v) is 5.52. The lowest BCUT2D eigenvalue weighted by Gasteiger charge is -2.42. The summed E-state index contributed by atoms with van der Waals surface area (Å²) in [6, 6.07) is 4.78. The Balaban J connectivity index is 1.93. The highest BCUT2D eigenvalue weighted by Gasteiger charge is 2.54. The van der Waals surface area contributed by atoms with E-state index in [0.717, 1.165) is 0 Å². The van der Waals surface area contributed by atoms with Gasteiger partial charge in [-0.25, -0.2) is 13.2 Å². The van der Waals surface area contributed by atoms with E-state index in [-0.39, 0.29) is 10.5 Å². The largest absolute Gasteiger partial charge is 0.478 e. The highest BCUT2D eigenvalue weighted by atomic mass is 32.2. The number of carbonyl (C=O) groups is 1. The van der Waals surface area contributed by atoms with Crippen molar-refractivity contribution in [1.82, 2.24) is 4.31 Å². The summed E-state index contributed by atoms with van der Waals surface area (Å²) in [7, 11) is -2.19. The molecule has 8 heteroatoms. The van der Waals surface area contributed by atoms with Gasteiger partial charge in [0.15, 0.2) is 0 Å². The molecule has 1 saturated carbocycles. The van der Waals surface area contributed by atoms with Crippen molar-refractivity contribution in [2.75, 3.05) is 13.7 Å². The van der Waals surface area contributed by atoms with Gasteiger partial charge >= 0.3 is 5.97 Å². The Morgan fingerprint density at radius 3 is 2.54 bits per heavy atom. The molecule has 0 spiro atoms. The SMILES string of the molecule is CO[C@@]12CC[C@H](O)C[C@@H]1N(S(=O)(=O)c1ccc(C(=O)O)cc1)CC2. The number of methoxy groups -OCH3 is 1. The molecule has 2 fully saturated rings. The van der Waals surface area contributed by atoms with Crippen LogP contribution in [0, 0.1) is 0 Å². The zero-order valence-corrected chi connectivity index (χ0v) is 14.2. The van der Waals surface area contributed by atoms with Crippen LogP contribution in [0.4, 0.5) is 0 Å². The molecule has 2 N–H and O–H groups in total. The first-order valence-corrected chi connectivity index (χ1v) is 9.32. The van der Waals surface area contributed by atoms with Crippen LogP contribution in [0.15, 0.2) is 29.2 Å². The molecule has 2 aliphatic rings. The number of aliphatic hydroxyl groups is 1. The standard InChI is InChI=1S/C16H21NO6S/c1-23-16-7-6-12(18)10-14(16)17(9-8-16)24(21,22)13-4-2-11(3-5-13)15(19)20/h2-5,12,14,18H,6-10H2,1H3,(H,19,20)/t12-,14-,16+/m0/s1. The van der Waals surface area contributed by atoms with Crippen LogP contribution in [-0.4, -0.2) is 60.3 Å². The third-order valence-electron chi connectivity index (χ3n) is 5.22. The van der Waals surface area contributed by atoms with E-state index in [1.54, 1.807) is 7.11 Å². The number of aromatic carboxylic acids is 1. The number of ether oxygens (including phenoxy) is 1. The van der Waals surface area contributed by atoms with Crippen molar-refractivity contribution in [3.8, 4) is 0 Å². The molecule has 0 amide bonds. The second kappa shape index (κ2) is 6.11. The summed E-state index contributed by atoms with van der Waals surface area (Å²) in [5.74, 6) is -1.10. The molecule has 0 aromatic heterocycles. The van der Waals surface area contributed by atoms with E-state index in [1.165, 1.54) is 28.6 Å². The van der Waals surface area contributed by atoms with Gasteiger partial charge in [0.1, 0.15) is 0 Å². The van der Waals surface area contributed by atoms with Crippen LogP contribution in [0.1, 0.15) is 36.0 Å². The molecule has 1 aliphatic heterocycles. The van der Waals surface area contributed by atoms with E-state index in [4.69, 9.17) is 9.84 Å². The minimum absolute atomic E-state index is 0.0368. The third kappa shape index (κ3) is 2.73. The molecule has 1 aliphatic carbocycles. The van der Waals surface area contributed by atoms with E-state index in [9.17, 15) is 18.3 Å². The first kappa shape index (κ1) is 17.3. The summed E-state index contributed by atoms with van der Waals surface area (Å²) < 4.78 is 33.0. The van der Waals surface area contributed by atoms with Crippen LogP contribution in [0.3, 0.4) is 0 Å². The quantitative estimate of drug-likeness (QED) is 0.837. The minimum Gasteiger partial charge on any atom is -0.478 e. The van der Waals surface area contributed by atoms with Crippen LogP contribution in [-0.2, 0) is 14.8 Å². The second-order valence-electron chi connectivity index (χ2n) is 6.41. The number of nitrogens with zero attached hydrogens (tertiary/aromatic N) is 1. The lowest BCUT2D eigenvalue weighted by Crippen LogP contribution is -2.52. The topological polar surface area (TPSA) is 104 Å². The summed E-state index contributed by atoms with van der Waals surface area (Å²) in [5.41, 5.74) is -0.512. The maximum Gasteiger partial charge on any atom is 0.335 e. The first-order chi connectivity index (χ1) is 11.3. The minimum atomic E-state index is -3.77. The Kier molecular flexibility index (Phi) is 4.41. The van der Waals surface area contributed by atoms with Gasteiger partial charge in [-0.1, -0.05) is 0 Å². The zero-order valence-electron chi connectivity index (χ0n) is 13.4. The lowest BCUT2D eigenvalue weighted by molar-refractivity contribution is -0.0775. The number of sulfonamides is 1. The van der Waals surface area contributed by atoms with E-state index in [0.29, 0.717) is 32.2 Å². The van der Waals surface area contributed by atoms with Gasteiger partial charge in [-0.15, -0.1) is 0 Å². The Morgan fingerprint density at radius 1 is 1.29 bits per heavy atom. The number of hydrogen-bond acceptors (Lipinski definition) is 5. The van der Waals surface area contributed by atoms with E-state index in [2.05, 4.69) is 0 Å². The van der Waals surface area contributed by atoms with Crippen LogP contribution >= 0.6 is 0 Å². The highest BCUT2D eigenvalue weighted by Crippen LogP contribution is 2.44. The number of carboxylic acids is 1. The molecular formula is C16H21NO6S. The number of rotatable bonds is 4. The predicted molar refractivity (Wildman–Crippen MR) is 85.3 cm³/mol. The van der Waals surface area contributed by atoms with Crippen molar-refractivity contribution in [2.24, 2.45) is 0 Å². The average Bonchev–Trinajstić information content (AvgIpc) is 2.95. The van der Waals surface area contributed by atoms with Gasteiger partial charge in [-0.3, -0.25) is 0 Å².